The molecule has 2 heterocycles. The Morgan fingerprint density at radius 3 is 2.33 bits per heavy atom. The number of nitrogens with zero attached hydrogens (tertiary/aromatic N) is 2. The molecule has 0 saturated carbocycles. The number of hydrogen-bond donors (Lipinski definition) is 1. The molecule has 0 aliphatic carbocycles. The average molecular weight is 483 g/mol. The Labute approximate surface area is 186 Å². The predicted molar refractivity (Wildman–Crippen MR) is 122 cm³/mol. The fourth-order valence-corrected chi connectivity index (χ4v) is 4.44. The highest BCUT2D eigenvalue weighted by atomic mass is 79.9. The van der Waals surface area contributed by atoms with Crippen molar-refractivity contribution < 1.29 is 14.7 Å². The third-order valence-corrected chi connectivity index (χ3v) is 6.41. The van der Waals surface area contributed by atoms with Crippen molar-refractivity contribution in [2.75, 3.05) is 4.90 Å². The van der Waals surface area contributed by atoms with Crippen LogP contribution in [0, 0.1) is 0 Å². The number of halogens is 1. The first-order valence-electron chi connectivity index (χ1n) is 9.44. The molecule has 7 heteroatoms. The number of benzene rings is 2. The number of Topliss-reactive ketones (excluding diaryl/α,β-unsaturated/α-hetero) is 1. The van der Waals surface area contributed by atoms with Gasteiger partial charge in [0, 0.05) is 21.6 Å². The van der Waals surface area contributed by atoms with Crippen LogP contribution >= 0.6 is 27.3 Å². The predicted octanol–water partition coefficient (Wildman–Crippen LogP) is 5.66. The van der Waals surface area contributed by atoms with Crippen LogP contribution in [0.25, 0.3) is 5.76 Å². The molecule has 1 N–H and O–H groups in total. The highest BCUT2D eigenvalue weighted by molar-refractivity contribution is 9.10. The normalized spacial score (nSPS) is 18.4. The van der Waals surface area contributed by atoms with Gasteiger partial charge in [0.1, 0.15) is 5.76 Å². The number of amides is 1. The summed E-state index contributed by atoms with van der Waals surface area (Å²) in [7, 11) is 0. The molecule has 4 rings (SSSR count). The largest absolute Gasteiger partial charge is 0.507 e. The molecule has 1 aliphatic heterocycles. The zero-order valence-corrected chi connectivity index (χ0v) is 18.8. The smallest absolute Gasteiger partial charge is 0.301 e. The van der Waals surface area contributed by atoms with Crippen LogP contribution in [0.1, 0.15) is 42.5 Å². The van der Waals surface area contributed by atoms with E-state index < -0.39 is 17.7 Å². The van der Waals surface area contributed by atoms with Crippen LogP contribution in [0.4, 0.5) is 5.13 Å². The summed E-state index contributed by atoms with van der Waals surface area (Å²) >= 11 is 4.64. The van der Waals surface area contributed by atoms with Gasteiger partial charge in [-0.15, -0.1) is 11.3 Å². The minimum absolute atomic E-state index is 0.0646. The lowest BCUT2D eigenvalue weighted by Gasteiger charge is -2.23. The SMILES string of the molecule is CC(C)c1ccc(C2/C(=C(\O)c3ccc(Br)cc3)C(=O)C(=O)N2c2nccs2)cc1. The first kappa shape index (κ1) is 20.5. The lowest BCUT2D eigenvalue weighted by molar-refractivity contribution is -0.132. The van der Waals surface area contributed by atoms with Crippen LogP contribution in [-0.4, -0.2) is 21.8 Å². The van der Waals surface area contributed by atoms with Crippen molar-refractivity contribution in [3.63, 3.8) is 0 Å². The summed E-state index contributed by atoms with van der Waals surface area (Å²) in [5.41, 5.74) is 2.43. The van der Waals surface area contributed by atoms with Gasteiger partial charge in [-0.2, -0.15) is 0 Å². The van der Waals surface area contributed by atoms with Crippen LogP contribution in [0.15, 0.2) is 70.2 Å². The molecule has 1 amide bonds. The van der Waals surface area contributed by atoms with Crippen molar-refractivity contribution >= 4 is 49.8 Å². The van der Waals surface area contributed by atoms with E-state index >= 15 is 0 Å². The summed E-state index contributed by atoms with van der Waals surface area (Å²) in [6.07, 6.45) is 1.59. The van der Waals surface area contributed by atoms with E-state index in [0.717, 1.165) is 15.6 Å². The molecule has 3 aromatic rings. The maximum Gasteiger partial charge on any atom is 0.301 e. The highest BCUT2D eigenvalue weighted by Gasteiger charge is 2.47. The molecular formula is C23H19BrN2O3S. The fourth-order valence-electron chi connectivity index (χ4n) is 3.51. The second-order valence-corrected chi connectivity index (χ2v) is 9.10. The maximum absolute atomic E-state index is 13.0. The third-order valence-electron chi connectivity index (χ3n) is 5.11. The molecule has 5 nitrogen and oxygen atoms in total. The Kier molecular flexibility index (Phi) is 5.58. The van der Waals surface area contributed by atoms with Gasteiger partial charge in [0.15, 0.2) is 5.13 Å². The zero-order chi connectivity index (χ0) is 21.4. The number of hydrogen-bond acceptors (Lipinski definition) is 5. The fraction of sp³-hybridized carbons (Fsp3) is 0.174. The lowest BCUT2D eigenvalue weighted by Crippen LogP contribution is -2.29. The Bertz CT molecular complexity index is 1120. The van der Waals surface area contributed by atoms with E-state index in [-0.39, 0.29) is 11.3 Å². The number of thiazole rings is 1. The molecule has 1 aliphatic rings. The molecular weight excluding hydrogens is 464 g/mol. The van der Waals surface area contributed by atoms with E-state index in [1.54, 1.807) is 35.8 Å². The van der Waals surface area contributed by atoms with Gasteiger partial charge >= 0.3 is 5.91 Å². The minimum Gasteiger partial charge on any atom is -0.507 e. The number of ketones is 1. The van der Waals surface area contributed by atoms with Crippen LogP contribution in [0.5, 0.6) is 0 Å². The van der Waals surface area contributed by atoms with Gasteiger partial charge in [0.25, 0.3) is 5.78 Å². The highest BCUT2D eigenvalue weighted by Crippen LogP contribution is 2.42. The monoisotopic (exact) mass is 482 g/mol. The van der Waals surface area contributed by atoms with Gasteiger partial charge in [-0.3, -0.25) is 14.5 Å². The second-order valence-electron chi connectivity index (χ2n) is 7.31. The van der Waals surface area contributed by atoms with Gasteiger partial charge in [-0.25, -0.2) is 4.98 Å². The maximum atomic E-state index is 13.0. The number of carbonyl (C=O) groups excluding carboxylic acids is 2. The van der Waals surface area contributed by atoms with Gasteiger partial charge in [0.05, 0.1) is 11.6 Å². The second kappa shape index (κ2) is 8.16. The average Bonchev–Trinajstić information content (AvgIpc) is 3.35. The molecule has 30 heavy (non-hydrogen) atoms. The molecule has 1 unspecified atom stereocenters. The molecule has 0 bridgehead atoms. The van der Waals surface area contributed by atoms with Crippen LogP contribution < -0.4 is 4.90 Å². The summed E-state index contributed by atoms with van der Waals surface area (Å²) in [6.45, 7) is 4.20. The van der Waals surface area contributed by atoms with Crippen molar-refractivity contribution in [2.24, 2.45) is 0 Å². The molecule has 2 aromatic carbocycles. The number of anilines is 1. The van der Waals surface area contributed by atoms with Crippen molar-refractivity contribution in [1.82, 2.24) is 4.98 Å². The number of carbonyl (C=O) groups is 2. The van der Waals surface area contributed by atoms with E-state index in [1.807, 2.05) is 24.3 Å². The first-order chi connectivity index (χ1) is 14.4. The molecule has 1 atom stereocenters. The van der Waals surface area contributed by atoms with Crippen molar-refractivity contribution in [3.05, 3.63) is 86.8 Å². The van der Waals surface area contributed by atoms with Crippen LogP contribution in [0.2, 0.25) is 0 Å². The summed E-state index contributed by atoms with van der Waals surface area (Å²) in [5, 5.41) is 13.2. The zero-order valence-electron chi connectivity index (χ0n) is 16.4. The summed E-state index contributed by atoms with van der Waals surface area (Å²) in [5.74, 6) is -1.25. The third kappa shape index (κ3) is 3.59. The van der Waals surface area contributed by atoms with Gasteiger partial charge < -0.3 is 5.11 Å². The molecule has 152 valence electrons. The summed E-state index contributed by atoms with van der Waals surface area (Å²) < 4.78 is 0.850. The first-order valence-corrected chi connectivity index (χ1v) is 11.1. The van der Waals surface area contributed by atoms with Gasteiger partial charge in [-0.05, 0) is 29.2 Å². The number of rotatable bonds is 4. The number of aliphatic hydroxyl groups excluding tert-OH is 1. The summed E-state index contributed by atoms with van der Waals surface area (Å²) in [4.78, 5) is 31.6. The molecule has 1 saturated heterocycles. The number of aromatic nitrogens is 1. The molecule has 1 fully saturated rings. The Balaban J connectivity index is 1.90. The Morgan fingerprint density at radius 2 is 1.77 bits per heavy atom. The molecule has 1 aromatic heterocycles. The topological polar surface area (TPSA) is 70.5 Å². The van der Waals surface area contributed by atoms with Crippen LogP contribution in [-0.2, 0) is 9.59 Å². The van der Waals surface area contributed by atoms with Crippen molar-refractivity contribution in [2.45, 2.75) is 25.8 Å². The van der Waals surface area contributed by atoms with Crippen molar-refractivity contribution in [1.29, 1.82) is 0 Å². The van der Waals surface area contributed by atoms with Gasteiger partial charge in [0.2, 0.25) is 0 Å². The van der Waals surface area contributed by atoms with E-state index in [0.29, 0.717) is 16.6 Å². The molecule has 0 radical (unpaired) electrons. The van der Waals surface area contributed by atoms with E-state index in [4.69, 9.17) is 0 Å². The minimum atomic E-state index is -0.749. The van der Waals surface area contributed by atoms with Gasteiger partial charge in [-0.1, -0.05) is 66.2 Å². The molecule has 0 spiro atoms. The van der Waals surface area contributed by atoms with E-state index in [2.05, 4.69) is 34.8 Å². The van der Waals surface area contributed by atoms with E-state index in [9.17, 15) is 14.7 Å². The Morgan fingerprint density at radius 1 is 1.10 bits per heavy atom. The lowest BCUT2D eigenvalue weighted by atomic mass is 9.93. The summed E-state index contributed by atoms with van der Waals surface area (Å²) in [6, 6.07) is 14.0. The number of aliphatic hydroxyl groups is 1. The quantitative estimate of drug-likeness (QED) is 0.296. The van der Waals surface area contributed by atoms with E-state index in [1.165, 1.54) is 16.2 Å². The Hall–Kier alpha value is -2.77. The van der Waals surface area contributed by atoms with Crippen molar-refractivity contribution in [3.8, 4) is 0 Å². The standard InChI is InChI=1S/C23H19BrN2O3S/c1-13(2)14-3-5-15(6-4-14)19-18(20(27)16-7-9-17(24)10-8-16)21(28)22(29)26(19)23-25-11-12-30-23/h3-13,19,27H,1-2H3/b20-18+. The van der Waals surface area contributed by atoms with Crippen LogP contribution in [0.3, 0.4) is 0 Å².